The lowest BCUT2D eigenvalue weighted by Gasteiger charge is -2.18. The Morgan fingerprint density at radius 3 is 0.813 bits per heavy atom. The van der Waals surface area contributed by atoms with Gasteiger partial charge >= 0.3 is 17.9 Å². The number of hydrogen-bond donors (Lipinski definition) is 0. The summed E-state index contributed by atoms with van der Waals surface area (Å²) in [7, 11) is 0. The van der Waals surface area contributed by atoms with Gasteiger partial charge in [-0.15, -0.1) is 0 Å². The minimum absolute atomic E-state index is 0.0824. The van der Waals surface area contributed by atoms with Crippen molar-refractivity contribution in [1.82, 2.24) is 0 Å². The van der Waals surface area contributed by atoms with E-state index in [1.165, 1.54) is 161 Å². The number of rotatable bonds is 58. The predicted molar refractivity (Wildman–Crippen MR) is 325 cm³/mol. The molecular weight excluding hydrogens is 925 g/mol. The Kier molecular flexibility index (Phi) is 60.3. The molecule has 0 N–H and O–H groups in total. The first kappa shape index (κ1) is 71.6. The van der Waals surface area contributed by atoms with Crippen LogP contribution in [0, 0.1) is 0 Å². The Morgan fingerprint density at radius 1 is 0.280 bits per heavy atom. The number of allylic oxidation sites excluding steroid dienone is 14. The van der Waals surface area contributed by atoms with Crippen LogP contribution in [0.2, 0.25) is 0 Å². The van der Waals surface area contributed by atoms with Gasteiger partial charge in [-0.2, -0.15) is 0 Å². The second kappa shape index (κ2) is 63.1. The van der Waals surface area contributed by atoms with Crippen molar-refractivity contribution >= 4 is 17.9 Å². The standard InChI is InChI=1S/C69H120O6/c1-4-7-10-13-16-19-22-25-28-30-32-33-34-35-37-38-41-44-47-50-53-56-59-62-68(71)74-65-66(64-73-67(70)61-58-55-52-49-46-43-40-27-24-21-18-15-12-9-6-3)75-69(72)63-60-57-54-51-48-45-42-39-36-31-29-26-23-20-17-14-11-8-5-2/h8,11,17,20,22,25-26,29-30,32,34-36,39,66H,4-7,9-10,12-16,18-19,21,23-24,27-28,31,33,37-38,40-65H2,1-3H3/b11-8-,20-17-,25-22-,29-26-,32-30-,35-34-,39-36-. The van der Waals surface area contributed by atoms with Crippen molar-refractivity contribution in [3.63, 3.8) is 0 Å². The second-order valence-corrected chi connectivity index (χ2v) is 21.3. The summed E-state index contributed by atoms with van der Waals surface area (Å²) in [6, 6.07) is 0. The molecule has 0 amide bonds. The third-order valence-corrected chi connectivity index (χ3v) is 13.9. The molecule has 0 aromatic heterocycles. The summed E-state index contributed by atoms with van der Waals surface area (Å²) >= 11 is 0. The van der Waals surface area contributed by atoms with Gasteiger partial charge in [0.25, 0.3) is 0 Å². The van der Waals surface area contributed by atoms with Gasteiger partial charge in [-0.25, -0.2) is 0 Å². The highest BCUT2D eigenvalue weighted by Gasteiger charge is 2.19. The van der Waals surface area contributed by atoms with Crippen molar-refractivity contribution in [2.24, 2.45) is 0 Å². The molecule has 0 heterocycles. The molecule has 0 radical (unpaired) electrons. The molecule has 0 fully saturated rings. The molecule has 0 aromatic rings. The molecule has 0 rings (SSSR count). The van der Waals surface area contributed by atoms with Gasteiger partial charge in [0, 0.05) is 19.3 Å². The molecule has 1 atom stereocenters. The fraction of sp³-hybridized carbons (Fsp3) is 0.754. The zero-order valence-electron chi connectivity index (χ0n) is 49.6. The van der Waals surface area contributed by atoms with Gasteiger partial charge in [0.15, 0.2) is 6.10 Å². The van der Waals surface area contributed by atoms with Crippen LogP contribution in [0.5, 0.6) is 0 Å². The minimum atomic E-state index is -0.788. The highest BCUT2D eigenvalue weighted by molar-refractivity contribution is 5.71. The van der Waals surface area contributed by atoms with Gasteiger partial charge in [-0.05, 0) is 96.3 Å². The summed E-state index contributed by atoms with van der Waals surface area (Å²) in [6.07, 6.45) is 82.9. The largest absolute Gasteiger partial charge is 0.462 e. The lowest BCUT2D eigenvalue weighted by atomic mass is 10.0. The van der Waals surface area contributed by atoms with Gasteiger partial charge in [0.05, 0.1) is 0 Å². The number of carbonyl (C=O) groups excluding carboxylic acids is 3. The predicted octanol–water partition coefficient (Wildman–Crippen LogP) is 21.9. The SMILES string of the molecule is CC/C=C\C/C=C\C/C=C\C/C=C\CCCCCCCCC(=O)OC(COC(=O)CCCCCCCCCC/C=C\C/C=C\C/C=C\CCCCCCC)COC(=O)CCCCCCCCCCCCCCCCC. The molecule has 1 unspecified atom stereocenters. The van der Waals surface area contributed by atoms with Gasteiger partial charge in [-0.3, -0.25) is 14.4 Å². The molecule has 0 aliphatic heterocycles. The Balaban J connectivity index is 4.39. The average molecular weight is 1050 g/mol. The van der Waals surface area contributed by atoms with Gasteiger partial charge in [0.2, 0.25) is 0 Å². The molecule has 6 nitrogen and oxygen atoms in total. The van der Waals surface area contributed by atoms with E-state index in [1.807, 2.05) is 0 Å². The van der Waals surface area contributed by atoms with E-state index in [4.69, 9.17) is 14.2 Å². The summed E-state index contributed by atoms with van der Waals surface area (Å²) in [5.74, 6) is -0.890. The Morgan fingerprint density at radius 2 is 0.520 bits per heavy atom. The number of hydrogen-bond acceptors (Lipinski definition) is 6. The molecule has 0 aliphatic carbocycles. The van der Waals surface area contributed by atoms with Crippen molar-refractivity contribution in [1.29, 1.82) is 0 Å². The van der Waals surface area contributed by atoms with Gasteiger partial charge in [-0.1, -0.05) is 286 Å². The van der Waals surface area contributed by atoms with Crippen LogP contribution in [0.4, 0.5) is 0 Å². The van der Waals surface area contributed by atoms with E-state index in [0.29, 0.717) is 19.3 Å². The molecule has 75 heavy (non-hydrogen) atoms. The summed E-state index contributed by atoms with van der Waals surface area (Å²) < 4.78 is 16.9. The first-order valence-electron chi connectivity index (χ1n) is 32.1. The van der Waals surface area contributed by atoms with Crippen LogP contribution in [0.25, 0.3) is 0 Å². The molecule has 0 aliphatic rings. The lowest BCUT2D eigenvalue weighted by Crippen LogP contribution is -2.30. The molecule has 0 spiro atoms. The topological polar surface area (TPSA) is 78.9 Å². The normalized spacial score (nSPS) is 12.6. The summed E-state index contributed by atoms with van der Waals surface area (Å²) in [5.41, 5.74) is 0. The first-order valence-corrected chi connectivity index (χ1v) is 32.1. The summed E-state index contributed by atoms with van der Waals surface area (Å²) in [6.45, 7) is 6.53. The summed E-state index contributed by atoms with van der Waals surface area (Å²) in [5, 5.41) is 0. The smallest absolute Gasteiger partial charge is 0.306 e. The average Bonchev–Trinajstić information content (AvgIpc) is 3.41. The third-order valence-electron chi connectivity index (χ3n) is 13.9. The maximum Gasteiger partial charge on any atom is 0.306 e. The van der Waals surface area contributed by atoms with Crippen LogP contribution >= 0.6 is 0 Å². The Bertz CT molecular complexity index is 1430. The van der Waals surface area contributed by atoms with Crippen LogP contribution in [0.3, 0.4) is 0 Å². The first-order chi connectivity index (χ1) is 37.0. The van der Waals surface area contributed by atoms with Crippen molar-refractivity contribution in [2.75, 3.05) is 13.2 Å². The lowest BCUT2D eigenvalue weighted by molar-refractivity contribution is -0.167. The zero-order valence-corrected chi connectivity index (χ0v) is 49.6. The molecule has 0 saturated heterocycles. The van der Waals surface area contributed by atoms with Crippen LogP contribution < -0.4 is 0 Å². The zero-order chi connectivity index (χ0) is 54.3. The molecule has 432 valence electrons. The number of carbonyl (C=O) groups is 3. The van der Waals surface area contributed by atoms with Gasteiger partial charge in [0.1, 0.15) is 13.2 Å². The molecular formula is C69H120O6. The van der Waals surface area contributed by atoms with Crippen LogP contribution in [-0.2, 0) is 28.6 Å². The Hall–Kier alpha value is -3.41. The Labute approximate surface area is 465 Å². The second-order valence-electron chi connectivity index (χ2n) is 21.3. The van der Waals surface area contributed by atoms with Crippen LogP contribution in [0.1, 0.15) is 316 Å². The summed E-state index contributed by atoms with van der Waals surface area (Å²) in [4.78, 5) is 38.3. The fourth-order valence-electron chi connectivity index (χ4n) is 9.09. The maximum absolute atomic E-state index is 12.9. The van der Waals surface area contributed by atoms with Crippen molar-refractivity contribution < 1.29 is 28.6 Å². The van der Waals surface area contributed by atoms with E-state index in [9.17, 15) is 14.4 Å². The van der Waals surface area contributed by atoms with E-state index in [1.54, 1.807) is 0 Å². The monoisotopic (exact) mass is 1040 g/mol. The van der Waals surface area contributed by atoms with Crippen molar-refractivity contribution in [3.8, 4) is 0 Å². The molecule has 0 bridgehead atoms. The van der Waals surface area contributed by atoms with E-state index in [2.05, 4.69) is 106 Å². The van der Waals surface area contributed by atoms with E-state index < -0.39 is 6.10 Å². The van der Waals surface area contributed by atoms with E-state index in [-0.39, 0.29) is 31.1 Å². The highest BCUT2D eigenvalue weighted by atomic mass is 16.6. The fourth-order valence-corrected chi connectivity index (χ4v) is 9.09. The van der Waals surface area contributed by atoms with Gasteiger partial charge < -0.3 is 14.2 Å². The quantitative estimate of drug-likeness (QED) is 0.0261. The highest BCUT2D eigenvalue weighted by Crippen LogP contribution is 2.16. The molecule has 0 saturated carbocycles. The van der Waals surface area contributed by atoms with Crippen LogP contribution in [-0.4, -0.2) is 37.2 Å². The van der Waals surface area contributed by atoms with Crippen molar-refractivity contribution in [3.05, 3.63) is 85.1 Å². The molecule has 6 heteroatoms. The number of esters is 3. The third kappa shape index (κ3) is 61.3. The minimum Gasteiger partial charge on any atom is -0.462 e. The van der Waals surface area contributed by atoms with E-state index >= 15 is 0 Å². The van der Waals surface area contributed by atoms with Crippen molar-refractivity contribution in [2.45, 2.75) is 322 Å². The molecule has 0 aromatic carbocycles. The number of unbranched alkanes of at least 4 members (excludes halogenated alkanes) is 33. The van der Waals surface area contributed by atoms with E-state index in [0.717, 1.165) is 116 Å². The maximum atomic E-state index is 12.9. The van der Waals surface area contributed by atoms with Crippen LogP contribution in [0.15, 0.2) is 85.1 Å². The number of ether oxygens (including phenoxy) is 3.